The highest BCUT2D eigenvalue weighted by atomic mass is 127. The van der Waals surface area contributed by atoms with Crippen molar-refractivity contribution in [2.24, 2.45) is 22.1 Å². The van der Waals surface area contributed by atoms with Crippen LogP contribution < -0.4 is 11.1 Å². The molecule has 1 fully saturated rings. The molecule has 18 heavy (non-hydrogen) atoms. The number of hydrogen-bond acceptors (Lipinski definition) is 2. The molecule has 1 atom stereocenters. The summed E-state index contributed by atoms with van der Waals surface area (Å²) in [5.41, 5.74) is 6.31. The van der Waals surface area contributed by atoms with Crippen LogP contribution in [-0.2, 0) is 6.42 Å². The summed E-state index contributed by atoms with van der Waals surface area (Å²) in [5, 5.41) is 5.26. The van der Waals surface area contributed by atoms with Gasteiger partial charge in [-0.25, -0.2) is 0 Å². The molecule has 1 aromatic heterocycles. The van der Waals surface area contributed by atoms with E-state index in [9.17, 15) is 0 Å². The minimum Gasteiger partial charge on any atom is -0.370 e. The molecule has 0 spiro atoms. The minimum absolute atomic E-state index is 0. The zero-order valence-electron chi connectivity index (χ0n) is 11.0. The van der Waals surface area contributed by atoms with Crippen molar-refractivity contribution in [3.8, 4) is 0 Å². The fraction of sp³-hybridized carbons (Fsp3) is 0.615. The first-order valence-corrected chi connectivity index (χ1v) is 7.02. The molecule has 1 saturated carbocycles. The van der Waals surface area contributed by atoms with Crippen molar-refractivity contribution in [3.63, 3.8) is 0 Å². The quantitative estimate of drug-likeness (QED) is 0.470. The van der Waals surface area contributed by atoms with E-state index in [4.69, 9.17) is 5.73 Å². The van der Waals surface area contributed by atoms with Gasteiger partial charge in [0.15, 0.2) is 5.96 Å². The molecule has 1 heterocycles. The van der Waals surface area contributed by atoms with Gasteiger partial charge >= 0.3 is 0 Å². The Hall–Kier alpha value is -0.300. The summed E-state index contributed by atoms with van der Waals surface area (Å²) in [4.78, 5) is 5.77. The first-order valence-electron chi connectivity index (χ1n) is 6.14. The summed E-state index contributed by atoms with van der Waals surface area (Å²) < 4.78 is 0. The zero-order valence-corrected chi connectivity index (χ0v) is 14.1. The predicted octanol–water partition coefficient (Wildman–Crippen LogP) is 2.86. The van der Waals surface area contributed by atoms with Gasteiger partial charge in [-0.2, -0.15) is 0 Å². The number of guanidine groups is 1. The first-order chi connectivity index (χ1) is 8.08. The van der Waals surface area contributed by atoms with E-state index >= 15 is 0 Å². The van der Waals surface area contributed by atoms with Crippen molar-refractivity contribution >= 4 is 41.3 Å². The van der Waals surface area contributed by atoms with Crippen LogP contribution in [0.15, 0.2) is 22.5 Å². The van der Waals surface area contributed by atoms with Crippen LogP contribution in [0.4, 0.5) is 0 Å². The van der Waals surface area contributed by atoms with Crippen LogP contribution >= 0.6 is 35.3 Å². The largest absolute Gasteiger partial charge is 0.370 e. The lowest BCUT2D eigenvalue weighted by Gasteiger charge is -2.05. The number of rotatable bonds is 5. The molecule has 102 valence electrons. The smallest absolute Gasteiger partial charge is 0.188 e. The maximum atomic E-state index is 5.82. The maximum absolute atomic E-state index is 5.82. The number of aliphatic imine (C=N–C) groups is 1. The molecule has 0 saturated heterocycles. The number of thiophene rings is 1. The van der Waals surface area contributed by atoms with E-state index < -0.39 is 0 Å². The molecule has 1 unspecified atom stereocenters. The summed E-state index contributed by atoms with van der Waals surface area (Å²) in [6.07, 6.45) is 2.29. The van der Waals surface area contributed by atoms with Gasteiger partial charge in [0.1, 0.15) is 0 Å². The van der Waals surface area contributed by atoms with E-state index in [0.717, 1.165) is 25.4 Å². The lowest BCUT2D eigenvalue weighted by atomic mass is 10.1. The van der Waals surface area contributed by atoms with Gasteiger partial charge in [-0.15, -0.1) is 35.3 Å². The van der Waals surface area contributed by atoms with Crippen molar-refractivity contribution < 1.29 is 0 Å². The minimum atomic E-state index is 0. The monoisotopic (exact) mass is 379 g/mol. The Morgan fingerprint density at radius 1 is 1.61 bits per heavy atom. The van der Waals surface area contributed by atoms with Crippen LogP contribution in [-0.4, -0.2) is 19.0 Å². The van der Waals surface area contributed by atoms with E-state index in [0.29, 0.717) is 11.4 Å². The van der Waals surface area contributed by atoms with Crippen LogP contribution in [0.2, 0.25) is 0 Å². The molecule has 0 aromatic carbocycles. The fourth-order valence-corrected chi connectivity index (χ4v) is 2.63. The highest BCUT2D eigenvalue weighted by molar-refractivity contribution is 14.0. The normalized spacial score (nSPS) is 21.2. The van der Waals surface area contributed by atoms with Gasteiger partial charge in [0.2, 0.25) is 0 Å². The molecule has 0 amide bonds. The molecule has 0 bridgehead atoms. The van der Waals surface area contributed by atoms with Crippen LogP contribution in [0.3, 0.4) is 0 Å². The van der Waals surface area contributed by atoms with E-state index in [2.05, 4.69) is 41.7 Å². The lowest BCUT2D eigenvalue weighted by Crippen LogP contribution is -2.33. The van der Waals surface area contributed by atoms with E-state index in [1.165, 1.54) is 11.3 Å². The summed E-state index contributed by atoms with van der Waals surface area (Å²) in [5.74, 6) is 1.31. The lowest BCUT2D eigenvalue weighted by molar-refractivity contribution is 0.565. The second-order valence-corrected chi connectivity index (χ2v) is 6.40. The molecular formula is C13H22IN3S. The van der Waals surface area contributed by atoms with Crippen LogP contribution in [0.5, 0.6) is 0 Å². The molecule has 0 aliphatic heterocycles. The van der Waals surface area contributed by atoms with Crippen LogP contribution in [0, 0.1) is 11.3 Å². The topological polar surface area (TPSA) is 50.4 Å². The van der Waals surface area contributed by atoms with Gasteiger partial charge in [-0.3, -0.25) is 4.99 Å². The van der Waals surface area contributed by atoms with E-state index in [-0.39, 0.29) is 24.0 Å². The molecule has 3 nitrogen and oxygen atoms in total. The predicted molar refractivity (Wildman–Crippen MR) is 89.8 cm³/mol. The third kappa shape index (κ3) is 4.76. The van der Waals surface area contributed by atoms with Crippen molar-refractivity contribution in [2.45, 2.75) is 26.7 Å². The van der Waals surface area contributed by atoms with Crippen LogP contribution in [0.1, 0.15) is 25.1 Å². The zero-order chi connectivity index (χ0) is 12.3. The van der Waals surface area contributed by atoms with Gasteiger partial charge in [0.05, 0.1) is 0 Å². The summed E-state index contributed by atoms with van der Waals surface area (Å²) >= 11 is 1.78. The van der Waals surface area contributed by atoms with E-state index in [1.54, 1.807) is 11.3 Å². The maximum Gasteiger partial charge on any atom is 0.188 e. The molecule has 1 aromatic rings. The average Bonchev–Trinajstić information content (AvgIpc) is 2.67. The first kappa shape index (κ1) is 15.8. The van der Waals surface area contributed by atoms with Crippen LogP contribution in [0.25, 0.3) is 0 Å². The molecule has 5 heteroatoms. The molecule has 2 rings (SSSR count). The number of nitrogens with zero attached hydrogens (tertiary/aromatic N) is 1. The van der Waals surface area contributed by atoms with Crippen molar-refractivity contribution in [3.05, 3.63) is 22.4 Å². The summed E-state index contributed by atoms with van der Waals surface area (Å²) in [6.45, 7) is 6.30. The Bertz CT molecular complexity index is 387. The van der Waals surface area contributed by atoms with Crippen molar-refractivity contribution in [2.75, 3.05) is 13.1 Å². The Morgan fingerprint density at radius 2 is 2.33 bits per heavy atom. The van der Waals surface area contributed by atoms with E-state index in [1.807, 2.05) is 0 Å². The summed E-state index contributed by atoms with van der Waals surface area (Å²) in [6, 6.07) is 4.22. The molecule has 3 N–H and O–H groups in total. The third-order valence-corrected chi connectivity index (χ3v) is 4.39. The Kier molecular flexibility index (Phi) is 5.91. The van der Waals surface area contributed by atoms with Gasteiger partial charge in [-0.1, -0.05) is 19.9 Å². The second-order valence-electron chi connectivity index (χ2n) is 5.37. The van der Waals surface area contributed by atoms with Crippen molar-refractivity contribution in [1.82, 2.24) is 5.32 Å². The molecule has 1 aliphatic carbocycles. The number of nitrogens with one attached hydrogen (secondary N) is 1. The number of hydrogen-bond donors (Lipinski definition) is 2. The van der Waals surface area contributed by atoms with Gasteiger partial charge in [-0.05, 0) is 35.6 Å². The highest BCUT2D eigenvalue weighted by Crippen LogP contribution is 2.51. The number of nitrogens with two attached hydrogens (primary N) is 1. The fourth-order valence-electron chi connectivity index (χ4n) is 1.92. The Labute approximate surface area is 130 Å². The van der Waals surface area contributed by atoms with Gasteiger partial charge < -0.3 is 11.1 Å². The Balaban J connectivity index is 0.00000162. The Morgan fingerprint density at radius 3 is 2.89 bits per heavy atom. The third-order valence-electron chi connectivity index (χ3n) is 3.46. The second kappa shape index (κ2) is 6.75. The summed E-state index contributed by atoms with van der Waals surface area (Å²) in [7, 11) is 0. The van der Waals surface area contributed by atoms with Crippen molar-refractivity contribution in [1.29, 1.82) is 0 Å². The molecular weight excluding hydrogens is 357 g/mol. The standard InChI is InChI=1S/C13H21N3S.HI/c1-13(2)8-10(13)9-16-12(14)15-6-5-11-4-3-7-17-11;/h3-4,7,10H,5-6,8-9H2,1-2H3,(H3,14,15,16);1H. The van der Waals surface area contributed by atoms with Gasteiger partial charge in [0, 0.05) is 18.0 Å². The SMILES string of the molecule is CC1(C)CC1CN=C(N)NCCc1cccs1.I. The molecule has 1 aliphatic rings. The average molecular weight is 379 g/mol. The number of halogens is 1. The van der Waals surface area contributed by atoms with Gasteiger partial charge in [0.25, 0.3) is 0 Å². The molecule has 0 radical (unpaired) electrons. The highest BCUT2D eigenvalue weighted by Gasteiger charge is 2.44.